The van der Waals surface area contributed by atoms with Crippen LogP contribution in [0.4, 0.5) is 0 Å². The summed E-state index contributed by atoms with van der Waals surface area (Å²) < 4.78 is 8.78. The Balaban J connectivity index is 1.20. The van der Waals surface area contributed by atoms with Crippen molar-refractivity contribution in [3.05, 3.63) is 170 Å². The number of hydrogen-bond acceptors (Lipinski definition) is 4. The highest BCUT2D eigenvalue weighted by atomic mass is 16.3. The molecule has 0 aliphatic heterocycles. The highest BCUT2D eigenvalue weighted by Gasteiger charge is 2.21. The number of fused-ring (bicyclic) bond motifs is 9. The highest BCUT2D eigenvalue weighted by Crippen LogP contribution is 2.41. The summed E-state index contributed by atoms with van der Waals surface area (Å²) in [7, 11) is 0. The standard InChI is InChI=1S/C47H28N4O/c1-2-12-29(13-3-1)32-24-25-42-39(27-32)44-37-19-7-6-16-34(37)38(28-43(44)52-42)46-48-45(33-23-22-30-14-4-5-15-31(30)26-33)49-47(50-46)51-40-20-10-8-17-35(40)36-18-9-11-21-41(36)51/h1-28H. The second-order valence-corrected chi connectivity index (χ2v) is 13.2. The largest absolute Gasteiger partial charge is 0.456 e. The minimum atomic E-state index is 0.562. The van der Waals surface area contributed by atoms with E-state index < -0.39 is 0 Å². The lowest BCUT2D eigenvalue weighted by Crippen LogP contribution is -2.06. The van der Waals surface area contributed by atoms with Crippen LogP contribution in [-0.4, -0.2) is 19.5 Å². The molecular weight excluding hydrogens is 637 g/mol. The van der Waals surface area contributed by atoms with E-state index in [9.17, 15) is 0 Å². The molecule has 0 amide bonds. The molecule has 242 valence electrons. The number of furan rings is 1. The van der Waals surface area contributed by atoms with Crippen molar-refractivity contribution >= 4 is 65.3 Å². The molecule has 52 heavy (non-hydrogen) atoms. The van der Waals surface area contributed by atoms with Gasteiger partial charge in [0.05, 0.1) is 11.0 Å². The Morgan fingerprint density at radius 3 is 1.81 bits per heavy atom. The maximum absolute atomic E-state index is 6.62. The van der Waals surface area contributed by atoms with E-state index in [-0.39, 0.29) is 0 Å². The monoisotopic (exact) mass is 664 g/mol. The van der Waals surface area contributed by atoms with Crippen molar-refractivity contribution in [3.8, 4) is 39.9 Å². The van der Waals surface area contributed by atoms with E-state index in [0.717, 1.165) is 76.6 Å². The average molecular weight is 665 g/mol. The lowest BCUT2D eigenvalue weighted by atomic mass is 9.97. The topological polar surface area (TPSA) is 56.7 Å². The molecule has 0 aliphatic carbocycles. The molecule has 0 fully saturated rings. The lowest BCUT2D eigenvalue weighted by Gasteiger charge is -2.13. The fraction of sp³-hybridized carbons (Fsp3) is 0. The van der Waals surface area contributed by atoms with Gasteiger partial charge in [-0.25, -0.2) is 4.98 Å². The summed E-state index contributed by atoms with van der Waals surface area (Å²) in [5, 5.41) is 8.89. The van der Waals surface area contributed by atoms with Crippen LogP contribution in [0.2, 0.25) is 0 Å². The molecule has 0 atom stereocenters. The summed E-state index contributed by atoms with van der Waals surface area (Å²) in [4.78, 5) is 15.7. The normalized spacial score (nSPS) is 11.8. The van der Waals surface area contributed by atoms with Crippen molar-refractivity contribution in [3.63, 3.8) is 0 Å². The number of aromatic nitrogens is 4. The molecule has 0 radical (unpaired) electrons. The molecule has 8 aromatic carbocycles. The molecule has 0 saturated heterocycles. The van der Waals surface area contributed by atoms with Crippen LogP contribution in [0.5, 0.6) is 0 Å². The third-order valence-corrected chi connectivity index (χ3v) is 10.2. The lowest BCUT2D eigenvalue weighted by molar-refractivity contribution is 0.669. The summed E-state index contributed by atoms with van der Waals surface area (Å²) in [5.41, 5.74) is 7.84. The Hall–Kier alpha value is -7.11. The van der Waals surface area contributed by atoms with Crippen molar-refractivity contribution in [2.24, 2.45) is 0 Å². The van der Waals surface area contributed by atoms with Crippen LogP contribution in [0, 0.1) is 0 Å². The van der Waals surface area contributed by atoms with Crippen molar-refractivity contribution in [1.82, 2.24) is 19.5 Å². The second-order valence-electron chi connectivity index (χ2n) is 13.2. The SMILES string of the molecule is c1ccc(-c2ccc3oc4cc(-c5nc(-c6ccc7ccccc7c6)nc(-n6c7ccccc7c7ccccc76)n5)c5ccccc5c4c3c2)cc1. The Morgan fingerprint density at radius 2 is 1.02 bits per heavy atom. The zero-order chi connectivity index (χ0) is 34.2. The van der Waals surface area contributed by atoms with Gasteiger partial charge in [0.15, 0.2) is 11.6 Å². The molecule has 0 aliphatic rings. The van der Waals surface area contributed by atoms with Crippen LogP contribution in [0.1, 0.15) is 0 Å². The van der Waals surface area contributed by atoms with E-state index in [1.165, 1.54) is 10.9 Å². The van der Waals surface area contributed by atoms with Crippen LogP contribution in [0.3, 0.4) is 0 Å². The average Bonchev–Trinajstić information content (AvgIpc) is 3.76. The summed E-state index contributed by atoms with van der Waals surface area (Å²) in [6, 6.07) is 59.2. The Kier molecular flexibility index (Phi) is 6.18. The van der Waals surface area contributed by atoms with Crippen LogP contribution >= 0.6 is 0 Å². The minimum absolute atomic E-state index is 0.562. The fourth-order valence-corrected chi connectivity index (χ4v) is 7.82. The third-order valence-electron chi connectivity index (χ3n) is 10.2. The molecule has 3 heterocycles. The van der Waals surface area contributed by atoms with E-state index in [1.54, 1.807) is 0 Å². The maximum Gasteiger partial charge on any atom is 0.238 e. The van der Waals surface area contributed by atoms with Gasteiger partial charge >= 0.3 is 0 Å². The van der Waals surface area contributed by atoms with Crippen LogP contribution < -0.4 is 0 Å². The number of para-hydroxylation sites is 2. The van der Waals surface area contributed by atoms with E-state index in [0.29, 0.717) is 17.6 Å². The summed E-state index contributed by atoms with van der Waals surface area (Å²) in [6.45, 7) is 0. The first-order valence-corrected chi connectivity index (χ1v) is 17.4. The quantitative estimate of drug-likeness (QED) is 0.188. The van der Waals surface area contributed by atoms with E-state index in [1.807, 2.05) is 6.07 Å². The zero-order valence-corrected chi connectivity index (χ0v) is 27.9. The van der Waals surface area contributed by atoms with Gasteiger partial charge in [-0.05, 0) is 69.1 Å². The van der Waals surface area contributed by atoms with Crippen molar-refractivity contribution < 1.29 is 4.42 Å². The molecule has 0 N–H and O–H groups in total. The molecule has 0 bridgehead atoms. The number of nitrogens with zero attached hydrogens (tertiary/aromatic N) is 4. The number of benzene rings is 8. The smallest absolute Gasteiger partial charge is 0.238 e. The van der Waals surface area contributed by atoms with Gasteiger partial charge in [0.2, 0.25) is 5.95 Å². The molecule has 0 unspecified atom stereocenters. The number of hydrogen-bond donors (Lipinski definition) is 0. The Morgan fingerprint density at radius 1 is 0.385 bits per heavy atom. The molecule has 11 rings (SSSR count). The molecule has 11 aromatic rings. The molecule has 5 heteroatoms. The summed E-state index contributed by atoms with van der Waals surface area (Å²) in [5.74, 6) is 1.75. The summed E-state index contributed by atoms with van der Waals surface area (Å²) in [6.07, 6.45) is 0. The van der Waals surface area contributed by atoms with Crippen LogP contribution in [0.25, 0.3) is 105 Å². The third kappa shape index (κ3) is 4.39. The van der Waals surface area contributed by atoms with Gasteiger partial charge in [0, 0.05) is 32.7 Å². The number of rotatable bonds is 4. The van der Waals surface area contributed by atoms with Crippen molar-refractivity contribution in [2.75, 3.05) is 0 Å². The molecule has 0 spiro atoms. The highest BCUT2D eigenvalue weighted by molar-refractivity contribution is 6.22. The van der Waals surface area contributed by atoms with Gasteiger partial charge in [-0.3, -0.25) is 4.57 Å². The first-order valence-electron chi connectivity index (χ1n) is 17.4. The minimum Gasteiger partial charge on any atom is -0.456 e. The molecule has 3 aromatic heterocycles. The Bertz CT molecular complexity index is 3140. The van der Waals surface area contributed by atoms with E-state index in [2.05, 4.69) is 168 Å². The molecule has 5 nitrogen and oxygen atoms in total. The molecule has 0 saturated carbocycles. The van der Waals surface area contributed by atoms with Crippen molar-refractivity contribution in [1.29, 1.82) is 0 Å². The maximum atomic E-state index is 6.62. The van der Waals surface area contributed by atoms with Gasteiger partial charge in [-0.15, -0.1) is 0 Å². The summed E-state index contributed by atoms with van der Waals surface area (Å²) >= 11 is 0. The van der Waals surface area contributed by atoms with Crippen LogP contribution in [0.15, 0.2) is 174 Å². The van der Waals surface area contributed by atoms with E-state index in [4.69, 9.17) is 19.4 Å². The predicted octanol–water partition coefficient (Wildman–Crippen LogP) is 12.2. The predicted molar refractivity (Wildman–Crippen MR) is 213 cm³/mol. The fourth-order valence-electron chi connectivity index (χ4n) is 7.82. The zero-order valence-electron chi connectivity index (χ0n) is 27.9. The first kappa shape index (κ1) is 28.7. The van der Waals surface area contributed by atoms with Gasteiger partial charge in [-0.1, -0.05) is 133 Å². The van der Waals surface area contributed by atoms with Gasteiger partial charge in [0.1, 0.15) is 11.2 Å². The van der Waals surface area contributed by atoms with Crippen molar-refractivity contribution in [2.45, 2.75) is 0 Å². The van der Waals surface area contributed by atoms with Crippen LogP contribution in [-0.2, 0) is 0 Å². The Labute approximate surface area is 298 Å². The van der Waals surface area contributed by atoms with Gasteiger partial charge in [-0.2, -0.15) is 9.97 Å². The first-order chi connectivity index (χ1) is 25.8. The van der Waals surface area contributed by atoms with Gasteiger partial charge < -0.3 is 4.42 Å². The van der Waals surface area contributed by atoms with E-state index >= 15 is 0 Å². The van der Waals surface area contributed by atoms with Gasteiger partial charge in [0.25, 0.3) is 0 Å². The molecular formula is C47H28N4O. The second kappa shape index (κ2) is 11.2.